The van der Waals surface area contributed by atoms with Crippen LogP contribution in [-0.4, -0.2) is 41.2 Å². The summed E-state index contributed by atoms with van der Waals surface area (Å²) < 4.78 is 0. The van der Waals surface area contributed by atoms with Crippen LogP contribution in [-0.2, 0) is 6.54 Å². The molecule has 2 aromatic rings. The molecule has 1 fully saturated rings. The number of anilines is 2. The van der Waals surface area contributed by atoms with Gasteiger partial charge >= 0.3 is 0 Å². The third-order valence-corrected chi connectivity index (χ3v) is 4.36. The number of nitrogen functional groups attached to an aromatic ring is 1. The molecule has 21 heavy (non-hydrogen) atoms. The van der Waals surface area contributed by atoms with Crippen molar-refractivity contribution < 1.29 is 5.11 Å². The number of nitrogens with zero attached hydrogens (tertiary/aromatic N) is 3. The van der Waals surface area contributed by atoms with E-state index in [9.17, 15) is 5.11 Å². The number of thiazole rings is 1. The lowest BCUT2D eigenvalue weighted by molar-refractivity contribution is 0.251. The van der Waals surface area contributed by atoms with E-state index < -0.39 is 0 Å². The second kappa shape index (κ2) is 6.98. The van der Waals surface area contributed by atoms with Gasteiger partial charge in [0.25, 0.3) is 0 Å². The Labute approximate surface area is 134 Å². The minimum absolute atomic E-state index is 0. The van der Waals surface area contributed by atoms with E-state index in [0.29, 0.717) is 10.9 Å². The highest BCUT2D eigenvalue weighted by molar-refractivity contribution is 7.15. The van der Waals surface area contributed by atoms with Crippen molar-refractivity contribution >= 4 is 34.6 Å². The Bertz CT molecular complexity index is 584. The van der Waals surface area contributed by atoms with Crippen LogP contribution >= 0.6 is 23.7 Å². The third kappa shape index (κ3) is 3.78. The molecule has 0 amide bonds. The van der Waals surface area contributed by atoms with Gasteiger partial charge < -0.3 is 15.7 Å². The average Bonchev–Trinajstić information content (AvgIpc) is 2.86. The van der Waals surface area contributed by atoms with Crippen LogP contribution in [0.5, 0.6) is 5.75 Å². The van der Waals surface area contributed by atoms with E-state index in [4.69, 9.17) is 5.73 Å². The Morgan fingerprint density at radius 2 is 1.90 bits per heavy atom. The van der Waals surface area contributed by atoms with Crippen LogP contribution < -0.4 is 10.6 Å². The van der Waals surface area contributed by atoms with Crippen LogP contribution in [0.4, 0.5) is 10.8 Å². The summed E-state index contributed by atoms with van der Waals surface area (Å²) >= 11 is 1.55. The molecule has 1 aromatic carbocycles. The summed E-state index contributed by atoms with van der Waals surface area (Å²) in [6.07, 6.45) is 1.86. The minimum atomic E-state index is 0. The van der Waals surface area contributed by atoms with Gasteiger partial charge in [-0.15, -0.1) is 23.7 Å². The monoisotopic (exact) mass is 326 g/mol. The topological polar surface area (TPSA) is 65.6 Å². The van der Waals surface area contributed by atoms with E-state index in [1.807, 2.05) is 24.4 Å². The maximum atomic E-state index is 9.89. The number of phenolic OH excluding ortho intramolecular Hbond substituents is 1. The molecule has 3 N–H and O–H groups in total. The van der Waals surface area contributed by atoms with Crippen molar-refractivity contribution in [1.29, 1.82) is 0 Å². The number of hydrogen-bond acceptors (Lipinski definition) is 6. The van der Waals surface area contributed by atoms with Crippen LogP contribution in [0.15, 0.2) is 30.5 Å². The summed E-state index contributed by atoms with van der Waals surface area (Å²) in [7, 11) is 0. The molecule has 7 heteroatoms. The van der Waals surface area contributed by atoms with Crippen molar-refractivity contribution in [2.45, 2.75) is 6.54 Å². The van der Waals surface area contributed by atoms with Gasteiger partial charge in [-0.25, -0.2) is 4.98 Å². The number of phenols is 1. The van der Waals surface area contributed by atoms with Gasteiger partial charge in [-0.3, -0.25) is 4.90 Å². The van der Waals surface area contributed by atoms with Crippen molar-refractivity contribution in [1.82, 2.24) is 9.88 Å². The van der Waals surface area contributed by atoms with Gasteiger partial charge in [0, 0.05) is 43.8 Å². The van der Waals surface area contributed by atoms with E-state index in [1.165, 1.54) is 4.88 Å². The van der Waals surface area contributed by atoms with Gasteiger partial charge in [-0.05, 0) is 12.1 Å². The Hall–Kier alpha value is -1.50. The standard InChI is InChI=1S/C14H18N4OS.ClH/c15-14-16-9-11(20-14)10-17-5-7-18(8-6-17)12-3-1-2-4-13(12)19;/h1-4,9,19H,5-8,10H2,(H2,15,16);1H. The summed E-state index contributed by atoms with van der Waals surface area (Å²) in [5.41, 5.74) is 6.58. The molecule has 0 bridgehead atoms. The largest absolute Gasteiger partial charge is 0.506 e. The average molecular weight is 327 g/mol. The highest BCUT2D eigenvalue weighted by atomic mass is 35.5. The molecule has 0 atom stereocenters. The van der Waals surface area contributed by atoms with Gasteiger partial charge in [0.2, 0.25) is 0 Å². The summed E-state index contributed by atoms with van der Waals surface area (Å²) in [4.78, 5) is 9.91. The fourth-order valence-corrected chi connectivity index (χ4v) is 3.22. The lowest BCUT2D eigenvalue weighted by Gasteiger charge is -2.36. The summed E-state index contributed by atoms with van der Waals surface area (Å²) in [6.45, 7) is 4.71. The quantitative estimate of drug-likeness (QED) is 0.905. The van der Waals surface area contributed by atoms with Crippen LogP contribution in [0.25, 0.3) is 0 Å². The number of halogens is 1. The lowest BCUT2D eigenvalue weighted by atomic mass is 10.2. The van der Waals surface area contributed by atoms with Crippen LogP contribution in [0, 0.1) is 0 Å². The zero-order valence-electron chi connectivity index (χ0n) is 11.6. The van der Waals surface area contributed by atoms with Crippen LogP contribution in [0.1, 0.15) is 4.88 Å². The lowest BCUT2D eigenvalue weighted by Crippen LogP contribution is -2.45. The van der Waals surface area contributed by atoms with E-state index in [1.54, 1.807) is 17.4 Å². The number of aromatic nitrogens is 1. The highest BCUT2D eigenvalue weighted by Gasteiger charge is 2.19. The Balaban J connectivity index is 0.00000161. The smallest absolute Gasteiger partial charge is 0.180 e. The molecular formula is C14H19ClN4OS. The van der Waals surface area contributed by atoms with Gasteiger partial charge in [-0.1, -0.05) is 12.1 Å². The molecule has 2 heterocycles. The molecule has 1 aromatic heterocycles. The van der Waals surface area contributed by atoms with Gasteiger partial charge in [0.1, 0.15) is 5.75 Å². The van der Waals surface area contributed by atoms with Crippen molar-refractivity contribution in [3.63, 3.8) is 0 Å². The second-order valence-corrected chi connectivity index (χ2v) is 6.06. The van der Waals surface area contributed by atoms with Crippen LogP contribution in [0.3, 0.4) is 0 Å². The molecule has 0 unspecified atom stereocenters. The molecule has 1 aliphatic heterocycles. The van der Waals surface area contributed by atoms with Gasteiger partial charge in [0.05, 0.1) is 5.69 Å². The molecule has 1 aliphatic rings. The molecular weight excluding hydrogens is 308 g/mol. The SMILES string of the molecule is Cl.Nc1ncc(CN2CCN(c3ccccc3O)CC2)s1. The number of rotatable bonds is 3. The number of piperazine rings is 1. The first kappa shape index (κ1) is 15.9. The summed E-state index contributed by atoms with van der Waals surface area (Å²) in [5, 5.41) is 10.5. The fraction of sp³-hybridized carbons (Fsp3) is 0.357. The maximum Gasteiger partial charge on any atom is 0.180 e. The minimum Gasteiger partial charge on any atom is -0.506 e. The molecule has 3 rings (SSSR count). The first-order valence-corrected chi connectivity index (χ1v) is 7.49. The zero-order chi connectivity index (χ0) is 13.9. The Kier molecular flexibility index (Phi) is 5.27. The van der Waals surface area contributed by atoms with Crippen LogP contribution in [0.2, 0.25) is 0 Å². The van der Waals surface area contributed by atoms with Crippen molar-refractivity contribution in [3.05, 3.63) is 35.3 Å². The van der Waals surface area contributed by atoms with E-state index in [0.717, 1.165) is 38.4 Å². The second-order valence-electron chi connectivity index (χ2n) is 4.92. The number of para-hydroxylation sites is 2. The Morgan fingerprint density at radius 3 is 2.52 bits per heavy atom. The first-order chi connectivity index (χ1) is 9.72. The van der Waals surface area contributed by atoms with E-state index in [-0.39, 0.29) is 12.4 Å². The highest BCUT2D eigenvalue weighted by Crippen LogP contribution is 2.27. The van der Waals surface area contributed by atoms with Crippen molar-refractivity contribution in [3.8, 4) is 5.75 Å². The molecule has 0 saturated carbocycles. The fourth-order valence-electron chi connectivity index (χ4n) is 2.49. The molecule has 1 saturated heterocycles. The van der Waals surface area contributed by atoms with Gasteiger partial charge in [0.15, 0.2) is 5.13 Å². The molecule has 114 valence electrons. The third-order valence-electron chi connectivity index (χ3n) is 3.55. The predicted molar refractivity (Wildman–Crippen MR) is 89.4 cm³/mol. The van der Waals surface area contributed by atoms with Crippen molar-refractivity contribution in [2.75, 3.05) is 36.8 Å². The summed E-state index contributed by atoms with van der Waals surface area (Å²) in [6, 6.07) is 7.52. The summed E-state index contributed by atoms with van der Waals surface area (Å²) in [5.74, 6) is 0.358. The Morgan fingerprint density at radius 1 is 1.19 bits per heavy atom. The maximum absolute atomic E-state index is 9.89. The molecule has 0 spiro atoms. The number of aromatic hydroxyl groups is 1. The number of hydrogen-bond donors (Lipinski definition) is 2. The van der Waals surface area contributed by atoms with E-state index in [2.05, 4.69) is 14.8 Å². The first-order valence-electron chi connectivity index (χ1n) is 6.68. The number of nitrogens with two attached hydrogens (primary N) is 1. The van der Waals surface area contributed by atoms with Gasteiger partial charge in [-0.2, -0.15) is 0 Å². The molecule has 0 aliphatic carbocycles. The normalized spacial score (nSPS) is 15.7. The number of benzene rings is 1. The van der Waals surface area contributed by atoms with E-state index >= 15 is 0 Å². The molecule has 0 radical (unpaired) electrons. The van der Waals surface area contributed by atoms with Crippen molar-refractivity contribution in [2.24, 2.45) is 0 Å². The molecule has 5 nitrogen and oxygen atoms in total. The zero-order valence-corrected chi connectivity index (χ0v) is 13.2. The predicted octanol–water partition coefficient (Wildman–Crippen LogP) is 2.17.